The summed E-state index contributed by atoms with van der Waals surface area (Å²) in [5, 5.41) is 8.96. The quantitative estimate of drug-likeness (QED) is 0.924. The standard InChI is InChI=1S/C14H21NO4S/c1-10-6-11(2)8-12(7-10)20(18,19)15(9-13(16)17)14(3,4)5/h6-8H,9H2,1-5H3,(H,16,17). The molecule has 0 aromatic heterocycles. The molecule has 0 aliphatic heterocycles. The number of hydrogen-bond donors (Lipinski definition) is 1. The van der Waals surface area contributed by atoms with Crippen molar-refractivity contribution < 1.29 is 18.3 Å². The lowest BCUT2D eigenvalue weighted by Crippen LogP contribution is -2.48. The van der Waals surface area contributed by atoms with Crippen LogP contribution in [-0.2, 0) is 14.8 Å². The van der Waals surface area contributed by atoms with E-state index in [4.69, 9.17) is 5.11 Å². The molecule has 0 unspecified atom stereocenters. The summed E-state index contributed by atoms with van der Waals surface area (Å²) in [5.74, 6) is -1.17. The van der Waals surface area contributed by atoms with Crippen molar-refractivity contribution in [2.75, 3.05) is 6.54 Å². The van der Waals surface area contributed by atoms with Gasteiger partial charge in [0.25, 0.3) is 0 Å². The SMILES string of the molecule is Cc1cc(C)cc(S(=O)(=O)N(CC(=O)O)C(C)(C)C)c1. The van der Waals surface area contributed by atoms with E-state index >= 15 is 0 Å². The zero-order valence-corrected chi connectivity index (χ0v) is 13.3. The molecule has 0 aliphatic rings. The van der Waals surface area contributed by atoms with Crippen LogP contribution in [-0.4, -0.2) is 35.9 Å². The highest BCUT2D eigenvalue weighted by Gasteiger charge is 2.35. The highest BCUT2D eigenvalue weighted by molar-refractivity contribution is 7.89. The summed E-state index contributed by atoms with van der Waals surface area (Å²) < 4.78 is 26.4. The molecule has 0 saturated carbocycles. The molecular weight excluding hydrogens is 278 g/mol. The van der Waals surface area contributed by atoms with Crippen LogP contribution in [0, 0.1) is 13.8 Å². The van der Waals surface area contributed by atoms with Gasteiger partial charge in [0.1, 0.15) is 6.54 Å². The third kappa shape index (κ3) is 3.80. The molecule has 1 aromatic rings. The molecule has 6 heteroatoms. The van der Waals surface area contributed by atoms with E-state index in [0.29, 0.717) is 0 Å². The molecule has 0 radical (unpaired) electrons. The van der Waals surface area contributed by atoms with E-state index in [0.717, 1.165) is 15.4 Å². The number of sulfonamides is 1. The lowest BCUT2D eigenvalue weighted by Gasteiger charge is -2.33. The molecule has 0 spiro atoms. The Morgan fingerprint density at radius 3 is 1.95 bits per heavy atom. The smallest absolute Gasteiger partial charge is 0.318 e. The molecule has 1 aromatic carbocycles. The number of rotatable bonds is 4. The van der Waals surface area contributed by atoms with Gasteiger partial charge in [0.2, 0.25) is 10.0 Å². The summed E-state index contributed by atoms with van der Waals surface area (Å²) in [5.41, 5.74) is 0.843. The first-order chi connectivity index (χ1) is 8.94. The van der Waals surface area contributed by atoms with Crippen LogP contribution in [0.2, 0.25) is 0 Å². The van der Waals surface area contributed by atoms with E-state index in [9.17, 15) is 13.2 Å². The van der Waals surface area contributed by atoms with Gasteiger partial charge in [-0.1, -0.05) is 6.07 Å². The molecule has 0 fully saturated rings. The first-order valence-electron chi connectivity index (χ1n) is 6.27. The van der Waals surface area contributed by atoms with Gasteiger partial charge in [0.15, 0.2) is 0 Å². The monoisotopic (exact) mass is 299 g/mol. The van der Waals surface area contributed by atoms with Crippen molar-refractivity contribution in [1.82, 2.24) is 4.31 Å². The van der Waals surface area contributed by atoms with Gasteiger partial charge in [0, 0.05) is 5.54 Å². The van der Waals surface area contributed by atoms with Crippen molar-refractivity contribution in [2.45, 2.75) is 45.1 Å². The van der Waals surface area contributed by atoms with Gasteiger partial charge >= 0.3 is 5.97 Å². The third-order valence-corrected chi connectivity index (χ3v) is 4.90. The van der Waals surface area contributed by atoms with Crippen LogP contribution in [0.25, 0.3) is 0 Å². The van der Waals surface area contributed by atoms with Gasteiger partial charge in [-0.25, -0.2) is 8.42 Å². The van der Waals surface area contributed by atoms with Crippen LogP contribution >= 0.6 is 0 Å². The zero-order chi connectivity index (χ0) is 15.7. The Morgan fingerprint density at radius 1 is 1.15 bits per heavy atom. The number of carbonyl (C=O) groups is 1. The molecule has 5 nitrogen and oxygen atoms in total. The highest BCUT2D eigenvalue weighted by Crippen LogP contribution is 2.25. The predicted octanol–water partition coefficient (Wildman–Crippen LogP) is 2.18. The van der Waals surface area contributed by atoms with Gasteiger partial charge in [-0.15, -0.1) is 0 Å². The number of nitrogens with zero attached hydrogens (tertiary/aromatic N) is 1. The predicted molar refractivity (Wildman–Crippen MR) is 77.2 cm³/mol. The number of benzene rings is 1. The first kappa shape index (κ1) is 16.7. The van der Waals surface area contributed by atoms with Crippen LogP contribution in [0.15, 0.2) is 23.1 Å². The molecule has 1 N–H and O–H groups in total. The fraction of sp³-hybridized carbons (Fsp3) is 0.500. The number of carboxylic acids is 1. The van der Waals surface area contributed by atoms with Gasteiger partial charge in [-0.3, -0.25) is 4.79 Å². The first-order valence-corrected chi connectivity index (χ1v) is 7.71. The lowest BCUT2D eigenvalue weighted by molar-refractivity contribution is -0.138. The summed E-state index contributed by atoms with van der Waals surface area (Å²) in [6, 6.07) is 4.99. The number of aryl methyl sites for hydroxylation is 2. The molecular formula is C14H21NO4S. The lowest BCUT2D eigenvalue weighted by atomic mass is 10.1. The maximum Gasteiger partial charge on any atom is 0.318 e. The molecule has 112 valence electrons. The Balaban J connectivity index is 3.40. The summed E-state index contributed by atoms with van der Waals surface area (Å²) in [6.45, 7) is 8.09. The van der Waals surface area contributed by atoms with Crippen LogP contribution < -0.4 is 0 Å². The van der Waals surface area contributed by atoms with E-state index in [-0.39, 0.29) is 4.90 Å². The fourth-order valence-electron chi connectivity index (χ4n) is 2.01. The van der Waals surface area contributed by atoms with Crippen molar-refractivity contribution in [2.24, 2.45) is 0 Å². The average Bonchev–Trinajstić information content (AvgIpc) is 2.22. The Bertz CT molecular complexity index is 594. The van der Waals surface area contributed by atoms with E-state index < -0.39 is 28.1 Å². The molecule has 0 bridgehead atoms. The molecule has 0 amide bonds. The van der Waals surface area contributed by atoms with Gasteiger partial charge in [-0.05, 0) is 57.9 Å². The summed E-state index contributed by atoms with van der Waals surface area (Å²) in [7, 11) is -3.85. The van der Waals surface area contributed by atoms with Crippen LogP contribution in [0.3, 0.4) is 0 Å². The van der Waals surface area contributed by atoms with Gasteiger partial charge in [0.05, 0.1) is 4.90 Å². The van der Waals surface area contributed by atoms with E-state index in [1.165, 1.54) is 0 Å². The largest absolute Gasteiger partial charge is 0.480 e. The summed E-state index contributed by atoms with van der Waals surface area (Å²) in [4.78, 5) is 11.1. The van der Waals surface area contributed by atoms with Gasteiger partial charge < -0.3 is 5.11 Å². The van der Waals surface area contributed by atoms with Crippen molar-refractivity contribution in [1.29, 1.82) is 0 Å². The van der Waals surface area contributed by atoms with Crippen molar-refractivity contribution >= 4 is 16.0 Å². The second kappa shape index (κ2) is 5.54. The maximum atomic E-state index is 12.7. The second-order valence-corrected chi connectivity index (χ2v) is 7.76. The Morgan fingerprint density at radius 2 is 1.60 bits per heavy atom. The Labute approximate surface area is 120 Å². The van der Waals surface area contributed by atoms with Gasteiger partial charge in [-0.2, -0.15) is 4.31 Å². The maximum absolute atomic E-state index is 12.7. The number of aliphatic carboxylic acids is 1. The van der Waals surface area contributed by atoms with Crippen LogP contribution in [0.1, 0.15) is 31.9 Å². The van der Waals surface area contributed by atoms with E-state index in [1.54, 1.807) is 32.9 Å². The minimum atomic E-state index is -3.85. The zero-order valence-electron chi connectivity index (χ0n) is 12.5. The highest BCUT2D eigenvalue weighted by atomic mass is 32.2. The van der Waals surface area contributed by atoms with E-state index in [2.05, 4.69) is 0 Å². The topological polar surface area (TPSA) is 74.7 Å². The third-order valence-electron chi connectivity index (χ3n) is 2.81. The molecule has 0 atom stereocenters. The van der Waals surface area contributed by atoms with Crippen molar-refractivity contribution in [3.63, 3.8) is 0 Å². The molecule has 0 heterocycles. The minimum absolute atomic E-state index is 0.131. The second-order valence-electron chi connectivity index (χ2n) is 5.90. The van der Waals surface area contributed by atoms with Crippen LogP contribution in [0.5, 0.6) is 0 Å². The number of hydrogen-bond acceptors (Lipinski definition) is 3. The normalized spacial score (nSPS) is 12.7. The Hall–Kier alpha value is -1.40. The molecule has 20 heavy (non-hydrogen) atoms. The fourth-order valence-corrected chi connectivity index (χ4v) is 3.94. The summed E-state index contributed by atoms with van der Waals surface area (Å²) >= 11 is 0. The Kier molecular flexibility index (Phi) is 4.61. The summed E-state index contributed by atoms with van der Waals surface area (Å²) in [6.07, 6.45) is 0. The van der Waals surface area contributed by atoms with E-state index in [1.807, 2.05) is 19.9 Å². The molecule has 0 saturated heterocycles. The van der Waals surface area contributed by atoms with Crippen LogP contribution in [0.4, 0.5) is 0 Å². The molecule has 1 rings (SSSR count). The minimum Gasteiger partial charge on any atom is -0.480 e. The van der Waals surface area contributed by atoms with Crippen molar-refractivity contribution in [3.8, 4) is 0 Å². The van der Waals surface area contributed by atoms with Crippen molar-refractivity contribution in [3.05, 3.63) is 29.3 Å². The molecule has 0 aliphatic carbocycles. The number of carboxylic acid groups (broad SMARTS) is 1. The average molecular weight is 299 g/mol.